The third-order valence-corrected chi connectivity index (χ3v) is 8.52. The Morgan fingerprint density at radius 3 is 2.39 bits per heavy atom. The number of aliphatic imine (C=N–C) groups is 1. The molecule has 1 heterocycles. The van der Waals surface area contributed by atoms with Gasteiger partial charge in [-0.05, 0) is 61.3 Å². The minimum atomic E-state index is -1.42. The van der Waals surface area contributed by atoms with Crippen molar-refractivity contribution in [3.05, 3.63) is 65.7 Å². The number of hydrogen-bond donors (Lipinski definition) is 7. The zero-order chi connectivity index (χ0) is 31.6. The number of aromatic hydroxyl groups is 1. The van der Waals surface area contributed by atoms with Crippen LogP contribution in [0.1, 0.15) is 43.2 Å². The fourth-order valence-electron chi connectivity index (χ4n) is 6.24. The summed E-state index contributed by atoms with van der Waals surface area (Å²) < 4.78 is 0. The molecule has 0 bridgehead atoms. The van der Waals surface area contributed by atoms with E-state index in [4.69, 9.17) is 11.5 Å². The van der Waals surface area contributed by atoms with Gasteiger partial charge in [0, 0.05) is 38.5 Å². The predicted octanol–water partition coefficient (Wildman–Crippen LogP) is 0.181. The number of hydrogen-bond acceptors (Lipinski definition) is 7. The van der Waals surface area contributed by atoms with Gasteiger partial charge in [-0.2, -0.15) is 0 Å². The number of rotatable bonds is 13. The van der Waals surface area contributed by atoms with Crippen LogP contribution < -0.4 is 22.1 Å². The lowest BCUT2D eigenvalue weighted by molar-refractivity contribution is -0.140. The molecule has 44 heavy (non-hydrogen) atoms. The fraction of sp³-hybridized carbons (Fsp3) is 0.500. The third kappa shape index (κ3) is 8.93. The summed E-state index contributed by atoms with van der Waals surface area (Å²) >= 11 is 0. The minimum Gasteiger partial charge on any atom is -0.508 e. The molecule has 12 heteroatoms. The number of nitrogens with one attached hydrogen (secondary N) is 2. The van der Waals surface area contributed by atoms with E-state index < -0.39 is 30.1 Å². The maximum absolute atomic E-state index is 14.2. The Morgan fingerprint density at radius 1 is 0.977 bits per heavy atom. The third-order valence-electron chi connectivity index (χ3n) is 8.52. The number of nitrogens with zero attached hydrogens (tertiary/aromatic N) is 2. The van der Waals surface area contributed by atoms with E-state index in [-0.39, 0.29) is 54.9 Å². The summed E-state index contributed by atoms with van der Waals surface area (Å²) in [5.41, 5.74) is 12.2. The summed E-state index contributed by atoms with van der Waals surface area (Å²) in [5, 5.41) is 36.5. The number of phenolic OH excluding ortho intramolecular Hbond substituents is 1. The van der Waals surface area contributed by atoms with Crippen LogP contribution in [0.25, 0.3) is 0 Å². The molecule has 2 aromatic carbocycles. The van der Waals surface area contributed by atoms with Crippen LogP contribution >= 0.6 is 0 Å². The molecule has 1 aliphatic heterocycles. The zero-order valence-corrected chi connectivity index (χ0v) is 24.8. The van der Waals surface area contributed by atoms with Crippen LogP contribution in [-0.2, 0) is 27.2 Å². The molecule has 1 aliphatic carbocycles. The standard InChI is InChI=1S/C32H44N6O6/c33-32(34)36-15-5-4-14-35-29(42)25-19-38(27-18-23(40)12-13-24(25)27)31(44)26(16-20-6-2-1-3-7-20)37-30(43)28(41)17-21-8-10-22(39)11-9-21/h1-3,6-11,23-28,39-41H,4-5,12-19H2,(H,35,42)(H,37,43)(H4,33,34,36)/t23-,24?,25+,26+,27?,28+/m1/s1. The Labute approximate surface area is 257 Å². The van der Waals surface area contributed by atoms with Crippen LogP contribution in [-0.4, -0.2) is 87.8 Å². The molecule has 2 aliphatic rings. The van der Waals surface area contributed by atoms with Crippen LogP contribution in [0, 0.1) is 11.8 Å². The highest BCUT2D eigenvalue weighted by molar-refractivity contribution is 5.91. The van der Waals surface area contributed by atoms with Gasteiger partial charge in [0.2, 0.25) is 17.7 Å². The van der Waals surface area contributed by atoms with Crippen molar-refractivity contribution in [1.29, 1.82) is 0 Å². The molecule has 2 unspecified atom stereocenters. The van der Waals surface area contributed by atoms with E-state index in [0.717, 1.165) is 5.56 Å². The number of unbranched alkanes of at least 4 members (excludes halogenated alkanes) is 1. The molecule has 1 saturated heterocycles. The number of amides is 3. The number of aliphatic hydroxyl groups is 2. The Bertz CT molecular complexity index is 1290. The highest BCUT2D eigenvalue weighted by Gasteiger charge is 2.50. The lowest BCUT2D eigenvalue weighted by Crippen LogP contribution is -2.54. The van der Waals surface area contributed by atoms with Gasteiger partial charge in [0.25, 0.3) is 0 Å². The van der Waals surface area contributed by atoms with Gasteiger partial charge in [-0.25, -0.2) is 0 Å². The van der Waals surface area contributed by atoms with Crippen molar-refractivity contribution in [3.63, 3.8) is 0 Å². The topological polar surface area (TPSA) is 204 Å². The van der Waals surface area contributed by atoms with Gasteiger partial charge in [-0.3, -0.25) is 19.4 Å². The number of likely N-dealkylation sites (tertiary alicyclic amines) is 1. The first-order valence-corrected chi connectivity index (χ1v) is 15.2. The van der Waals surface area contributed by atoms with Crippen molar-refractivity contribution >= 4 is 23.7 Å². The highest BCUT2D eigenvalue weighted by atomic mass is 16.3. The average Bonchev–Trinajstić information content (AvgIpc) is 3.38. The van der Waals surface area contributed by atoms with Crippen molar-refractivity contribution in [2.24, 2.45) is 28.3 Å². The molecule has 9 N–H and O–H groups in total. The summed E-state index contributed by atoms with van der Waals surface area (Å²) in [4.78, 5) is 46.3. The number of aliphatic hydroxyl groups excluding tert-OH is 2. The van der Waals surface area contributed by atoms with Crippen LogP contribution in [0.4, 0.5) is 0 Å². The number of carbonyl (C=O) groups excluding carboxylic acids is 3. The van der Waals surface area contributed by atoms with Gasteiger partial charge in [0.05, 0.1) is 12.0 Å². The van der Waals surface area contributed by atoms with Crippen molar-refractivity contribution in [2.45, 2.75) is 69.2 Å². The molecule has 2 fully saturated rings. The zero-order valence-electron chi connectivity index (χ0n) is 24.8. The molecule has 12 nitrogen and oxygen atoms in total. The van der Waals surface area contributed by atoms with Crippen LogP contribution in [0.5, 0.6) is 5.75 Å². The molecule has 2 aromatic rings. The minimum absolute atomic E-state index is 0.00711. The van der Waals surface area contributed by atoms with Gasteiger partial charge in [-0.15, -0.1) is 0 Å². The summed E-state index contributed by atoms with van der Waals surface area (Å²) in [6.45, 7) is 1.11. The maximum atomic E-state index is 14.2. The summed E-state index contributed by atoms with van der Waals surface area (Å²) in [7, 11) is 0. The first-order valence-electron chi connectivity index (χ1n) is 15.2. The summed E-state index contributed by atoms with van der Waals surface area (Å²) in [6, 6.07) is 14.1. The largest absolute Gasteiger partial charge is 0.508 e. The molecule has 0 radical (unpaired) electrons. The van der Waals surface area contributed by atoms with E-state index in [0.29, 0.717) is 50.8 Å². The van der Waals surface area contributed by atoms with E-state index in [1.807, 2.05) is 30.3 Å². The average molecular weight is 609 g/mol. The second kappa shape index (κ2) is 15.5. The van der Waals surface area contributed by atoms with Crippen LogP contribution in [0.2, 0.25) is 0 Å². The van der Waals surface area contributed by atoms with E-state index >= 15 is 0 Å². The lowest BCUT2D eigenvalue weighted by atomic mass is 9.78. The number of carbonyl (C=O) groups is 3. The SMILES string of the molecule is NC(N)=NCCCCNC(=O)[C@H]1CN(C(=O)[C@H](Cc2ccccc2)NC(=O)[C@@H](O)Cc2ccc(O)cc2)C2C[C@H](O)CCC21. The number of benzene rings is 2. The van der Waals surface area contributed by atoms with Crippen molar-refractivity contribution in [1.82, 2.24) is 15.5 Å². The normalized spacial score (nSPS) is 22.4. The van der Waals surface area contributed by atoms with Gasteiger partial charge in [0.1, 0.15) is 17.9 Å². The molecule has 3 amide bonds. The molecule has 238 valence electrons. The van der Waals surface area contributed by atoms with E-state index in [1.165, 1.54) is 12.1 Å². The fourth-order valence-corrected chi connectivity index (χ4v) is 6.24. The van der Waals surface area contributed by atoms with Crippen molar-refractivity contribution in [3.8, 4) is 5.75 Å². The Morgan fingerprint density at radius 2 is 1.68 bits per heavy atom. The van der Waals surface area contributed by atoms with E-state index in [9.17, 15) is 29.7 Å². The molecule has 6 atom stereocenters. The van der Waals surface area contributed by atoms with Gasteiger partial charge in [0.15, 0.2) is 5.96 Å². The van der Waals surface area contributed by atoms with Crippen LogP contribution in [0.15, 0.2) is 59.6 Å². The summed E-state index contributed by atoms with van der Waals surface area (Å²) in [5.74, 6) is -1.63. The Balaban J connectivity index is 1.47. The second-order valence-corrected chi connectivity index (χ2v) is 11.7. The van der Waals surface area contributed by atoms with Crippen molar-refractivity contribution in [2.75, 3.05) is 19.6 Å². The number of phenols is 1. The molecule has 0 aromatic heterocycles. The first kappa shape index (κ1) is 32.7. The van der Waals surface area contributed by atoms with E-state index in [1.54, 1.807) is 17.0 Å². The number of nitrogens with two attached hydrogens (primary N) is 2. The molecule has 1 saturated carbocycles. The molecule has 0 spiro atoms. The number of guanidine groups is 1. The van der Waals surface area contributed by atoms with Crippen LogP contribution in [0.3, 0.4) is 0 Å². The number of fused-ring (bicyclic) bond motifs is 1. The highest BCUT2D eigenvalue weighted by Crippen LogP contribution is 2.40. The summed E-state index contributed by atoms with van der Waals surface area (Å²) in [6.07, 6.45) is 1.13. The molecular weight excluding hydrogens is 564 g/mol. The lowest BCUT2D eigenvalue weighted by Gasteiger charge is -2.36. The maximum Gasteiger partial charge on any atom is 0.249 e. The van der Waals surface area contributed by atoms with Gasteiger partial charge in [-0.1, -0.05) is 42.5 Å². The first-order chi connectivity index (χ1) is 21.1. The monoisotopic (exact) mass is 608 g/mol. The van der Waals surface area contributed by atoms with Crippen molar-refractivity contribution < 1.29 is 29.7 Å². The van der Waals surface area contributed by atoms with E-state index in [2.05, 4.69) is 15.6 Å². The van der Waals surface area contributed by atoms with Gasteiger partial charge >= 0.3 is 0 Å². The quantitative estimate of drug-likeness (QED) is 0.0947. The Kier molecular flexibility index (Phi) is 11.6. The Hall–Kier alpha value is -4.16. The predicted molar refractivity (Wildman–Crippen MR) is 165 cm³/mol. The molecular formula is C32H44N6O6. The smallest absolute Gasteiger partial charge is 0.249 e. The second-order valence-electron chi connectivity index (χ2n) is 11.7. The molecule has 4 rings (SSSR count). The van der Waals surface area contributed by atoms with Gasteiger partial charge < -0.3 is 42.3 Å².